The molecular formula is C26H30N2O5. The van der Waals surface area contributed by atoms with E-state index in [1.165, 1.54) is 4.90 Å². The second kappa shape index (κ2) is 9.67. The Morgan fingerprint density at radius 2 is 1.52 bits per heavy atom. The van der Waals surface area contributed by atoms with Crippen molar-refractivity contribution in [1.82, 2.24) is 4.90 Å². The summed E-state index contributed by atoms with van der Waals surface area (Å²) in [4.78, 5) is 30.7. The van der Waals surface area contributed by atoms with Gasteiger partial charge in [0.1, 0.15) is 5.70 Å². The number of rotatable bonds is 7. The summed E-state index contributed by atoms with van der Waals surface area (Å²) in [5, 5.41) is 0. The van der Waals surface area contributed by atoms with Crippen LogP contribution in [0.4, 0.5) is 5.69 Å². The summed E-state index contributed by atoms with van der Waals surface area (Å²) in [5.41, 5.74) is 2.00. The molecule has 7 nitrogen and oxygen atoms in total. The van der Waals surface area contributed by atoms with Crippen molar-refractivity contribution in [3.63, 3.8) is 0 Å². The van der Waals surface area contributed by atoms with Gasteiger partial charge in [0, 0.05) is 19.2 Å². The van der Waals surface area contributed by atoms with E-state index in [-0.39, 0.29) is 24.0 Å². The molecule has 0 N–H and O–H groups in total. The van der Waals surface area contributed by atoms with E-state index in [9.17, 15) is 9.59 Å². The number of benzene rings is 2. The van der Waals surface area contributed by atoms with E-state index in [1.807, 2.05) is 62.9 Å². The number of morpholine rings is 1. The average Bonchev–Trinajstić information content (AvgIpc) is 3.05. The van der Waals surface area contributed by atoms with Gasteiger partial charge in [0.05, 0.1) is 36.7 Å². The summed E-state index contributed by atoms with van der Waals surface area (Å²) in [6, 6.07) is 14.5. The molecule has 0 aliphatic carbocycles. The number of amides is 2. The van der Waals surface area contributed by atoms with Gasteiger partial charge in [0.25, 0.3) is 11.8 Å². The summed E-state index contributed by atoms with van der Waals surface area (Å²) in [6.45, 7) is 9.72. The number of carbonyl (C=O) groups is 2. The van der Waals surface area contributed by atoms with Crippen LogP contribution < -0.4 is 14.4 Å². The molecule has 0 bridgehead atoms. The van der Waals surface area contributed by atoms with Crippen molar-refractivity contribution in [2.45, 2.75) is 39.9 Å². The predicted octanol–water partition coefficient (Wildman–Crippen LogP) is 3.88. The van der Waals surface area contributed by atoms with Crippen LogP contribution in [0.15, 0.2) is 54.2 Å². The number of hydrogen-bond acceptors (Lipinski definition) is 6. The molecule has 1 saturated heterocycles. The van der Waals surface area contributed by atoms with E-state index in [0.29, 0.717) is 54.8 Å². The first-order valence-corrected chi connectivity index (χ1v) is 11.4. The lowest BCUT2D eigenvalue weighted by molar-refractivity contribution is -0.121. The summed E-state index contributed by atoms with van der Waals surface area (Å²) in [6.07, 6.45) is -0.101. The van der Waals surface area contributed by atoms with Crippen LogP contribution >= 0.6 is 0 Å². The van der Waals surface area contributed by atoms with Gasteiger partial charge in [0.15, 0.2) is 11.5 Å². The fourth-order valence-electron chi connectivity index (χ4n) is 4.45. The van der Waals surface area contributed by atoms with Crippen molar-refractivity contribution >= 4 is 23.1 Å². The Hall–Kier alpha value is -3.32. The van der Waals surface area contributed by atoms with Gasteiger partial charge in [-0.15, -0.1) is 0 Å². The van der Waals surface area contributed by atoms with Crippen molar-refractivity contribution in [2.24, 2.45) is 0 Å². The normalized spacial score (nSPS) is 21.1. The van der Waals surface area contributed by atoms with Crippen LogP contribution in [0.5, 0.6) is 11.5 Å². The summed E-state index contributed by atoms with van der Waals surface area (Å²) >= 11 is 0. The van der Waals surface area contributed by atoms with Crippen LogP contribution in [0.3, 0.4) is 0 Å². The van der Waals surface area contributed by atoms with E-state index in [1.54, 1.807) is 18.2 Å². The molecule has 174 valence electrons. The van der Waals surface area contributed by atoms with Gasteiger partial charge in [0.2, 0.25) is 0 Å². The van der Waals surface area contributed by atoms with Crippen LogP contribution in [0.25, 0.3) is 5.57 Å². The lowest BCUT2D eigenvalue weighted by atomic mass is 10.0. The molecule has 0 aromatic heterocycles. The SMILES string of the molecule is CCOc1ccc(N2C(=O)C(c3ccccc3)=C(N3CC(C)OC(C)C3)C2=O)cc1OCC. The highest BCUT2D eigenvalue weighted by Gasteiger charge is 2.44. The molecule has 4 rings (SSSR count). The molecule has 2 heterocycles. The molecule has 1 fully saturated rings. The summed E-state index contributed by atoms with van der Waals surface area (Å²) in [5.74, 6) is 0.390. The minimum Gasteiger partial charge on any atom is -0.490 e. The van der Waals surface area contributed by atoms with Gasteiger partial charge in [-0.05, 0) is 45.4 Å². The van der Waals surface area contributed by atoms with Crippen LogP contribution in [-0.4, -0.2) is 55.2 Å². The Labute approximate surface area is 194 Å². The zero-order valence-electron chi connectivity index (χ0n) is 19.5. The number of imide groups is 1. The zero-order valence-corrected chi connectivity index (χ0v) is 19.5. The Balaban J connectivity index is 1.79. The first-order valence-electron chi connectivity index (χ1n) is 11.4. The molecular weight excluding hydrogens is 420 g/mol. The highest BCUT2D eigenvalue weighted by Crippen LogP contribution is 2.39. The standard InChI is InChI=1S/C26H30N2O5/c1-5-31-21-13-12-20(14-22(21)32-6-2)28-25(29)23(19-10-8-7-9-11-19)24(26(28)30)27-15-17(3)33-18(4)16-27/h7-14,17-18H,5-6,15-16H2,1-4H3. The predicted molar refractivity (Wildman–Crippen MR) is 126 cm³/mol. The minimum atomic E-state index is -0.348. The van der Waals surface area contributed by atoms with Crippen molar-refractivity contribution in [3.05, 3.63) is 59.8 Å². The third-order valence-corrected chi connectivity index (χ3v) is 5.64. The second-order valence-corrected chi connectivity index (χ2v) is 8.19. The highest BCUT2D eigenvalue weighted by atomic mass is 16.5. The van der Waals surface area contributed by atoms with Crippen LogP contribution in [0, 0.1) is 0 Å². The maximum atomic E-state index is 13.8. The van der Waals surface area contributed by atoms with E-state index in [0.717, 1.165) is 5.56 Å². The number of carbonyl (C=O) groups excluding carboxylic acids is 2. The van der Waals surface area contributed by atoms with Gasteiger partial charge in [-0.2, -0.15) is 0 Å². The molecule has 7 heteroatoms. The lowest BCUT2D eigenvalue weighted by Crippen LogP contribution is -2.47. The smallest absolute Gasteiger partial charge is 0.282 e. The Morgan fingerprint density at radius 3 is 2.15 bits per heavy atom. The monoisotopic (exact) mass is 450 g/mol. The maximum Gasteiger partial charge on any atom is 0.282 e. The van der Waals surface area contributed by atoms with E-state index in [2.05, 4.69) is 0 Å². The third kappa shape index (κ3) is 4.46. The molecule has 0 radical (unpaired) electrons. The first-order chi connectivity index (χ1) is 15.9. The number of hydrogen-bond donors (Lipinski definition) is 0. The van der Waals surface area contributed by atoms with Gasteiger partial charge >= 0.3 is 0 Å². The lowest BCUT2D eigenvalue weighted by Gasteiger charge is -2.37. The summed E-state index contributed by atoms with van der Waals surface area (Å²) < 4.78 is 17.2. The Morgan fingerprint density at radius 1 is 0.879 bits per heavy atom. The van der Waals surface area contributed by atoms with Gasteiger partial charge < -0.3 is 19.1 Å². The van der Waals surface area contributed by atoms with E-state index >= 15 is 0 Å². The summed E-state index contributed by atoms with van der Waals surface area (Å²) in [7, 11) is 0. The molecule has 2 amide bonds. The van der Waals surface area contributed by atoms with E-state index < -0.39 is 0 Å². The minimum absolute atomic E-state index is 0.0507. The molecule has 2 aliphatic rings. The third-order valence-electron chi connectivity index (χ3n) is 5.64. The molecule has 2 aromatic rings. The number of anilines is 1. The van der Waals surface area contributed by atoms with Crippen molar-refractivity contribution in [1.29, 1.82) is 0 Å². The molecule has 0 saturated carbocycles. The van der Waals surface area contributed by atoms with Crippen molar-refractivity contribution in [3.8, 4) is 11.5 Å². The fraction of sp³-hybridized carbons (Fsp3) is 0.385. The van der Waals surface area contributed by atoms with Crippen LogP contribution in [0.2, 0.25) is 0 Å². The van der Waals surface area contributed by atoms with Crippen LogP contribution in [0.1, 0.15) is 33.3 Å². The zero-order chi connectivity index (χ0) is 23.5. The molecule has 2 unspecified atom stereocenters. The van der Waals surface area contributed by atoms with Crippen molar-refractivity contribution in [2.75, 3.05) is 31.2 Å². The van der Waals surface area contributed by atoms with Gasteiger partial charge in [-0.3, -0.25) is 9.59 Å². The number of ether oxygens (including phenoxy) is 3. The Kier molecular flexibility index (Phi) is 6.70. The molecule has 2 atom stereocenters. The molecule has 2 aliphatic heterocycles. The van der Waals surface area contributed by atoms with Gasteiger partial charge in [-0.25, -0.2) is 4.90 Å². The van der Waals surface area contributed by atoms with Crippen LogP contribution in [-0.2, 0) is 14.3 Å². The fourth-order valence-corrected chi connectivity index (χ4v) is 4.45. The Bertz CT molecular complexity index is 1060. The largest absolute Gasteiger partial charge is 0.490 e. The van der Waals surface area contributed by atoms with Crippen molar-refractivity contribution < 1.29 is 23.8 Å². The molecule has 33 heavy (non-hydrogen) atoms. The second-order valence-electron chi connectivity index (χ2n) is 8.19. The topological polar surface area (TPSA) is 68.3 Å². The first kappa shape index (κ1) is 22.9. The molecule has 2 aromatic carbocycles. The molecule has 0 spiro atoms. The van der Waals surface area contributed by atoms with E-state index in [4.69, 9.17) is 14.2 Å². The highest BCUT2D eigenvalue weighted by molar-refractivity contribution is 6.45. The maximum absolute atomic E-state index is 13.8. The average molecular weight is 451 g/mol. The van der Waals surface area contributed by atoms with Gasteiger partial charge in [-0.1, -0.05) is 30.3 Å². The quantitative estimate of drug-likeness (QED) is 0.597. The number of nitrogens with zero attached hydrogens (tertiary/aromatic N) is 2.